The minimum absolute atomic E-state index is 0.00267. The first-order chi connectivity index (χ1) is 9.22. The number of hydrogen-bond donors (Lipinski definition) is 1. The maximum absolute atomic E-state index is 12.6. The lowest BCUT2D eigenvalue weighted by Crippen LogP contribution is -2.37. The summed E-state index contributed by atoms with van der Waals surface area (Å²) >= 11 is 1.56. The van der Waals surface area contributed by atoms with E-state index in [2.05, 4.69) is 12.1 Å². The molecule has 2 heterocycles. The van der Waals surface area contributed by atoms with Crippen LogP contribution in [0.4, 0.5) is 0 Å². The second kappa shape index (κ2) is 4.94. The van der Waals surface area contributed by atoms with Crippen LogP contribution in [-0.4, -0.2) is 35.1 Å². The molecule has 3 rings (SSSR count). The van der Waals surface area contributed by atoms with Gasteiger partial charge in [0.2, 0.25) is 0 Å². The van der Waals surface area contributed by atoms with Crippen molar-refractivity contribution in [2.24, 2.45) is 0 Å². The highest BCUT2D eigenvalue weighted by Crippen LogP contribution is 2.32. The minimum Gasteiger partial charge on any atom is -0.394 e. The molecule has 0 spiro atoms. The van der Waals surface area contributed by atoms with Crippen LogP contribution in [0.3, 0.4) is 0 Å². The molecule has 1 atom stereocenters. The van der Waals surface area contributed by atoms with Crippen LogP contribution in [0.15, 0.2) is 24.3 Å². The van der Waals surface area contributed by atoms with Crippen molar-refractivity contribution in [3.05, 3.63) is 34.7 Å². The maximum Gasteiger partial charge on any atom is 0.264 e. The normalized spacial score (nSPS) is 19.3. The summed E-state index contributed by atoms with van der Waals surface area (Å²) in [7, 11) is 0. The molecule has 3 nitrogen and oxygen atoms in total. The number of aliphatic hydroxyl groups excluding tert-OH is 1. The predicted octanol–water partition coefficient (Wildman–Crippen LogP) is 2.81. The summed E-state index contributed by atoms with van der Waals surface area (Å²) in [6, 6.07) is 8.11. The molecule has 1 aliphatic heterocycles. The highest BCUT2D eigenvalue weighted by atomic mass is 32.1. The monoisotopic (exact) mass is 275 g/mol. The number of carbonyl (C=O) groups excluding carboxylic acids is 1. The summed E-state index contributed by atoms with van der Waals surface area (Å²) < 4.78 is 1.16. The smallest absolute Gasteiger partial charge is 0.264 e. The van der Waals surface area contributed by atoms with Gasteiger partial charge in [-0.15, -0.1) is 11.3 Å². The van der Waals surface area contributed by atoms with Gasteiger partial charge in [-0.2, -0.15) is 0 Å². The van der Waals surface area contributed by atoms with Gasteiger partial charge in [0.05, 0.1) is 17.5 Å². The Morgan fingerprint density at radius 1 is 1.47 bits per heavy atom. The Balaban J connectivity index is 2.00. The quantitative estimate of drug-likeness (QED) is 0.915. The third-order valence-electron chi connectivity index (χ3n) is 3.89. The Kier molecular flexibility index (Phi) is 3.29. The molecule has 2 aromatic rings. The van der Waals surface area contributed by atoms with Gasteiger partial charge in [-0.25, -0.2) is 0 Å². The average Bonchev–Trinajstić information content (AvgIpc) is 3.03. The predicted molar refractivity (Wildman–Crippen MR) is 77.7 cm³/mol. The second-order valence-electron chi connectivity index (χ2n) is 5.03. The molecule has 1 aromatic carbocycles. The fourth-order valence-corrected chi connectivity index (χ4v) is 3.97. The zero-order valence-electron chi connectivity index (χ0n) is 10.9. The molecule has 1 amide bonds. The number of fused-ring (bicyclic) bond motifs is 1. The van der Waals surface area contributed by atoms with Crippen LogP contribution < -0.4 is 0 Å². The molecule has 0 bridgehead atoms. The van der Waals surface area contributed by atoms with Crippen molar-refractivity contribution in [3.8, 4) is 0 Å². The van der Waals surface area contributed by atoms with Crippen LogP contribution in [0, 0.1) is 6.92 Å². The highest BCUT2D eigenvalue weighted by molar-refractivity contribution is 7.21. The van der Waals surface area contributed by atoms with E-state index in [1.807, 2.05) is 24.0 Å². The fraction of sp³-hybridized carbons (Fsp3) is 0.400. The van der Waals surface area contributed by atoms with Crippen molar-refractivity contribution in [1.29, 1.82) is 0 Å². The Hall–Kier alpha value is -1.39. The molecule has 0 radical (unpaired) electrons. The number of benzene rings is 1. The SMILES string of the molecule is Cc1c(C(=O)N2CCC[C@@H]2CO)sc2ccccc12. The van der Waals surface area contributed by atoms with Crippen molar-refractivity contribution in [2.45, 2.75) is 25.8 Å². The number of hydrogen-bond acceptors (Lipinski definition) is 3. The lowest BCUT2D eigenvalue weighted by Gasteiger charge is -2.22. The van der Waals surface area contributed by atoms with Crippen LogP contribution in [0.5, 0.6) is 0 Å². The molecule has 4 heteroatoms. The van der Waals surface area contributed by atoms with Gasteiger partial charge in [0, 0.05) is 11.2 Å². The van der Waals surface area contributed by atoms with Crippen molar-refractivity contribution in [3.63, 3.8) is 0 Å². The number of thiophene rings is 1. The van der Waals surface area contributed by atoms with Gasteiger partial charge >= 0.3 is 0 Å². The first-order valence-electron chi connectivity index (χ1n) is 6.62. The van der Waals surface area contributed by atoms with Crippen molar-refractivity contribution in [2.75, 3.05) is 13.2 Å². The van der Waals surface area contributed by atoms with Crippen LogP contribution >= 0.6 is 11.3 Å². The molecule has 1 aliphatic rings. The summed E-state index contributed by atoms with van der Waals surface area (Å²) in [6.07, 6.45) is 1.90. The standard InChI is InChI=1S/C15H17NO2S/c1-10-12-6-2-3-7-13(12)19-14(10)15(18)16-8-4-5-11(16)9-17/h2-3,6-7,11,17H,4-5,8-9H2,1H3/t11-/m1/s1. The molecular weight excluding hydrogens is 258 g/mol. The van der Waals surface area contributed by atoms with Gasteiger partial charge < -0.3 is 10.0 Å². The molecule has 100 valence electrons. The summed E-state index contributed by atoms with van der Waals surface area (Å²) in [4.78, 5) is 15.3. The highest BCUT2D eigenvalue weighted by Gasteiger charge is 2.30. The zero-order valence-corrected chi connectivity index (χ0v) is 11.7. The molecule has 0 unspecified atom stereocenters. The van der Waals surface area contributed by atoms with Gasteiger partial charge in [0.1, 0.15) is 0 Å². The number of likely N-dealkylation sites (tertiary alicyclic amines) is 1. The van der Waals surface area contributed by atoms with Gasteiger partial charge in [0.15, 0.2) is 0 Å². The maximum atomic E-state index is 12.6. The van der Waals surface area contributed by atoms with Crippen LogP contribution in [0.25, 0.3) is 10.1 Å². The minimum atomic E-state index is -0.00267. The van der Waals surface area contributed by atoms with Crippen LogP contribution in [0.2, 0.25) is 0 Å². The Morgan fingerprint density at radius 3 is 3.00 bits per heavy atom. The lowest BCUT2D eigenvalue weighted by molar-refractivity contribution is 0.0682. The zero-order chi connectivity index (χ0) is 13.4. The van der Waals surface area contributed by atoms with E-state index in [1.54, 1.807) is 11.3 Å². The number of aryl methyl sites for hydroxylation is 1. The number of carbonyl (C=O) groups is 1. The molecule has 19 heavy (non-hydrogen) atoms. The first-order valence-corrected chi connectivity index (χ1v) is 7.44. The molecule has 1 aromatic heterocycles. The van der Waals surface area contributed by atoms with E-state index in [0.29, 0.717) is 0 Å². The summed E-state index contributed by atoms with van der Waals surface area (Å²) in [6.45, 7) is 2.84. The number of nitrogens with zero attached hydrogens (tertiary/aromatic N) is 1. The third kappa shape index (κ3) is 2.05. The fourth-order valence-electron chi connectivity index (χ4n) is 2.80. The molecule has 0 saturated carbocycles. The number of amides is 1. The van der Waals surface area contributed by atoms with Crippen molar-refractivity contribution < 1.29 is 9.90 Å². The number of rotatable bonds is 2. The van der Waals surface area contributed by atoms with E-state index in [4.69, 9.17) is 0 Å². The largest absolute Gasteiger partial charge is 0.394 e. The Morgan fingerprint density at radius 2 is 2.26 bits per heavy atom. The first kappa shape index (κ1) is 12.6. The van der Waals surface area contributed by atoms with E-state index < -0.39 is 0 Å². The van der Waals surface area contributed by atoms with Gasteiger partial charge in [-0.05, 0) is 36.8 Å². The van der Waals surface area contributed by atoms with Crippen LogP contribution in [0.1, 0.15) is 28.1 Å². The van der Waals surface area contributed by atoms with E-state index in [-0.39, 0.29) is 18.6 Å². The Labute approximate surface area is 116 Å². The molecule has 0 aliphatic carbocycles. The lowest BCUT2D eigenvalue weighted by atomic mass is 10.1. The van der Waals surface area contributed by atoms with Crippen molar-refractivity contribution >= 4 is 27.3 Å². The summed E-state index contributed by atoms with van der Waals surface area (Å²) in [5.74, 6) is 0.0789. The second-order valence-corrected chi connectivity index (χ2v) is 6.08. The van der Waals surface area contributed by atoms with E-state index in [1.165, 1.54) is 0 Å². The summed E-state index contributed by atoms with van der Waals surface area (Å²) in [5, 5.41) is 10.5. The van der Waals surface area contributed by atoms with Gasteiger partial charge in [-0.3, -0.25) is 4.79 Å². The van der Waals surface area contributed by atoms with E-state index >= 15 is 0 Å². The third-order valence-corrected chi connectivity index (χ3v) is 5.15. The van der Waals surface area contributed by atoms with Gasteiger partial charge in [-0.1, -0.05) is 18.2 Å². The molecular formula is C15H17NO2S. The molecule has 1 saturated heterocycles. The molecule has 1 fully saturated rings. The van der Waals surface area contributed by atoms with E-state index in [0.717, 1.165) is 39.9 Å². The van der Waals surface area contributed by atoms with Crippen molar-refractivity contribution in [1.82, 2.24) is 4.90 Å². The topological polar surface area (TPSA) is 40.5 Å². The van der Waals surface area contributed by atoms with E-state index in [9.17, 15) is 9.90 Å². The van der Waals surface area contributed by atoms with Gasteiger partial charge in [0.25, 0.3) is 5.91 Å². The average molecular weight is 275 g/mol. The number of aliphatic hydroxyl groups is 1. The Bertz CT molecular complexity index is 620. The van der Waals surface area contributed by atoms with Crippen LogP contribution in [-0.2, 0) is 0 Å². The molecule has 1 N–H and O–H groups in total. The summed E-state index contributed by atoms with van der Waals surface area (Å²) in [5.41, 5.74) is 1.06.